The highest BCUT2D eigenvalue weighted by Crippen LogP contribution is 2.42. The molecular formula is C28H31F7N6O4. The number of fused-ring (bicyclic) bond motifs is 1. The lowest BCUT2D eigenvalue weighted by molar-refractivity contribution is -0.150. The van der Waals surface area contributed by atoms with Crippen LogP contribution in [0.15, 0.2) is 22.7 Å². The Morgan fingerprint density at radius 3 is 2.49 bits per heavy atom. The van der Waals surface area contributed by atoms with Crippen molar-refractivity contribution in [2.24, 2.45) is 5.92 Å². The predicted octanol–water partition coefficient (Wildman–Crippen LogP) is 5.82. The van der Waals surface area contributed by atoms with Gasteiger partial charge in [-0.2, -0.15) is 18.3 Å². The number of benzene rings is 1. The molecule has 2 fully saturated rings. The van der Waals surface area contributed by atoms with Crippen LogP contribution in [0.4, 0.5) is 35.5 Å². The number of urea groups is 1. The van der Waals surface area contributed by atoms with Crippen LogP contribution in [0.3, 0.4) is 0 Å². The third kappa shape index (κ3) is 6.58. The second kappa shape index (κ2) is 12.1. The Hall–Kier alpha value is -3.89. The molecule has 3 aromatic rings. The summed E-state index contributed by atoms with van der Waals surface area (Å²) in [5.74, 6) is -6.59. The Kier molecular flexibility index (Phi) is 8.76. The van der Waals surface area contributed by atoms with E-state index in [1.807, 2.05) is 5.32 Å². The van der Waals surface area contributed by atoms with Crippen molar-refractivity contribution in [3.63, 3.8) is 0 Å². The molecule has 1 aliphatic heterocycles. The summed E-state index contributed by atoms with van der Waals surface area (Å²) in [5.41, 5.74) is -0.820. The van der Waals surface area contributed by atoms with Crippen molar-refractivity contribution in [3.05, 3.63) is 47.1 Å². The zero-order valence-electron chi connectivity index (χ0n) is 24.4. The largest absolute Gasteiger partial charge is 0.435 e. The predicted molar refractivity (Wildman–Crippen MR) is 143 cm³/mol. The van der Waals surface area contributed by atoms with Gasteiger partial charge in [0.25, 0.3) is 5.91 Å². The number of oxazole rings is 1. The topological polar surface area (TPSA) is 115 Å². The van der Waals surface area contributed by atoms with E-state index in [4.69, 9.17) is 9.15 Å². The average molecular weight is 649 g/mol. The van der Waals surface area contributed by atoms with Gasteiger partial charge < -0.3 is 24.7 Å². The fourth-order valence-electron chi connectivity index (χ4n) is 5.82. The van der Waals surface area contributed by atoms with Crippen LogP contribution < -0.4 is 10.6 Å². The van der Waals surface area contributed by atoms with Gasteiger partial charge in [-0.3, -0.25) is 9.48 Å². The maximum atomic E-state index is 15.5. The van der Waals surface area contributed by atoms with Crippen LogP contribution in [-0.4, -0.2) is 70.0 Å². The number of nitrogens with one attached hydrogen (secondary N) is 2. The molecule has 1 aromatic carbocycles. The summed E-state index contributed by atoms with van der Waals surface area (Å²) < 4.78 is 110. The van der Waals surface area contributed by atoms with Crippen molar-refractivity contribution >= 4 is 23.0 Å². The summed E-state index contributed by atoms with van der Waals surface area (Å²) in [6.45, 7) is 2.33. The number of hydrogen-bond acceptors (Lipinski definition) is 6. The molecule has 0 spiro atoms. The maximum absolute atomic E-state index is 15.5. The maximum Gasteiger partial charge on any atom is 0.410 e. The van der Waals surface area contributed by atoms with Gasteiger partial charge in [0.15, 0.2) is 22.9 Å². The number of halogens is 7. The molecule has 3 amide bonds. The number of carbonyl (C=O) groups excluding carboxylic acids is 2. The lowest BCUT2D eigenvalue weighted by atomic mass is 9.82. The number of nitrogens with zero attached hydrogens (tertiary/aromatic N) is 4. The Labute approximate surface area is 252 Å². The number of rotatable bonds is 9. The average Bonchev–Trinajstić information content (AvgIpc) is 3.67. The van der Waals surface area contributed by atoms with E-state index < -0.39 is 90.8 Å². The van der Waals surface area contributed by atoms with Gasteiger partial charge in [0.2, 0.25) is 11.8 Å². The monoisotopic (exact) mass is 648 g/mol. The first-order chi connectivity index (χ1) is 21.1. The van der Waals surface area contributed by atoms with Crippen LogP contribution in [0.25, 0.3) is 11.1 Å². The van der Waals surface area contributed by atoms with Gasteiger partial charge in [-0.25, -0.2) is 27.3 Å². The highest BCUT2D eigenvalue weighted by molar-refractivity contribution is 5.93. The summed E-state index contributed by atoms with van der Waals surface area (Å²) in [5, 5.41) is 8.37. The van der Waals surface area contributed by atoms with E-state index >= 15 is 4.39 Å². The highest BCUT2D eigenvalue weighted by atomic mass is 19.4. The number of hydrogen-bond donors (Lipinski definition) is 2. The summed E-state index contributed by atoms with van der Waals surface area (Å²) in [6, 6.07) is -3.60. The number of carbonyl (C=O) groups is 2. The van der Waals surface area contributed by atoms with Crippen LogP contribution in [0.5, 0.6) is 0 Å². The molecule has 2 aliphatic rings. The van der Waals surface area contributed by atoms with Crippen LogP contribution in [0, 0.1) is 17.6 Å². The van der Waals surface area contributed by atoms with Gasteiger partial charge in [0.1, 0.15) is 17.6 Å². The summed E-state index contributed by atoms with van der Waals surface area (Å²) in [4.78, 5) is 31.0. The first kappa shape index (κ1) is 32.5. The van der Waals surface area contributed by atoms with Gasteiger partial charge in [-0.05, 0) is 50.3 Å². The third-order valence-electron chi connectivity index (χ3n) is 8.14. The summed E-state index contributed by atoms with van der Waals surface area (Å²) >= 11 is 0. The molecular weight excluding hydrogens is 617 g/mol. The number of aromatic nitrogens is 3. The molecule has 0 unspecified atom stereocenters. The molecule has 10 nitrogen and oxygen atoms in total. The Balaban J connectivity index is 1.51. The van der Waals surface area contributed by atoms with Crippen LogP contribution in [0.1, 0.15) is 79.6 Å². The van der Waals surface area contributed by atoms with Crippen LogP contribution >= 0.6 is 0 Å². The van der Waals surface area contributed by atoms with Crippen molar-refractivity contribution < 1.29 is 49.5 Å². The van der Waals surface area contributed by atoms with E-state index in [1.54, 1.807) is 13.8 Å². The van der Waals surface area contributed by atoms with Crippen molar-refractivity contribution in [1.29, 1.82) is 0 Å². The standard InChI is InChI=1S/C28H31F7N6O4/c1-13(2)41-22(17(30)10-36-41)24(42)39-21(14-4-6-27(31,32)7-5-14)25-37-18-9-15(8-16(29)23(18)45-25)19(12-44-3)40-11-20(28(33,34)35)38-26(40)43/h8-10,13-14,19-21H,4-7,11-12H2,1-3H3,(H,38,43)(H,39,42)/t19-,20+,21+/m1/s1. The third-order valence-corrected chi connectivity index (χ3v) is 8.14. The minimum absolute atomic E-state index is 0.0560. The van der Waals surface area contributed by atoms with E-state index in [9.17, 15) is 35.9 Å². The van der Waals surface area contributed by atoms with E-state index in [2.05, 4.69) is 15.4 Å². The minimum atomic E-state index is -4.71. The molecule has 0 radical (unpaired) electrons. The summed E-state index contributed by atoms with van der Waals surface area (Å²) in [6.07, 6.45) is -4.94. The molecule has 0 bridgehead atoms. The molecule has 45 heavy (non-hydrogen) atoms. The summed E-state index contributed by atoms with van der Waals surface area (Å²) in [7, 11) is 1.26. The van der Waals surface area contributed by atoms with Crippen LogP contribution in [-0.2, 0) is 4.74 Å². The second-order valence-corrected chi connectivity index (χ2v) is 11.6. The molecule has 2 N–H and O–H groups in total. The van der Waals surface area contributed by atoms with Crippen molar-refractivity contribution in [2.75, 3.05) is 20.3 Å². The second-order valence-electron chi connectivity index (χ2n) is 11.6. The fraction of sp³-hybridized carbons (Fsp3) is 0.571. The van der Waals surface area contributed by atoms with E-state index in [0.29, 0.717) is 0 Å². The van der Waals surface area contributed by atoms with E-state index in [1.165, 1.54) is 13.2 Å². The molecule has 3 atom stereocenters. The van der Waals surface area contributed by atoms with Crippen molar-refractivity contribution in [1.82, 2.24) is 30.3 Å². The molecule has 1 saturated heterocycles. The zero-order chi connectivity index (χ0) is 32.8. The van der Waals surface area contributed by atoms with Crippen LogP contribution in [0.2, 0.25) is 0 Å². The Bertz CT molecular complexity index is 1560. The minimum Gasteiger partial charge on any atom is -0.435 e. The molecule has 246 valence electrons. The van der Waals surface area contributed by atoms with Gasteiger partial charge in [-0.15, -0.1) is 0 Å². The van der Waals surface area contributed by atoms with Gasteiger partial charge in [0, 0.05) is 26.0 Å². The van der Waals surface area contributed by atoms with Crippen molar-refractivity contribution in [2.45, 2.75) is 75.8 Å². The first-order valence-electron chi connectivity index (χ1n) is 14.2. The molecule has 5 rings (SSSR count). The lowest BCUT2D eigenvalue weighted by Gasteiger charge is -2.32. The van der Waals surface area contributed by atoms with Gasteiger partial charge >= 0.3 is 12.2 Å². The first-order valence-corrected chi connectivity index (χ1v) is 14.2. The fourth-order valence-corrected chi connectivity index (χ4v) is 5.82. The Morgan fingerprint density at radius 2 is 1.89 bits per heavy atom. The number of amides is 3. The van der Waals surface area contributed by atoms with E-state index in [0.717, 1.165) is 21.8 Å². The van der Waals surface area contributed by atoms with Gasteiger partial charge in [-0.1, -0.05) is 0 Å². The highest BCUT2D eigenvalue weighted by Gasteiger charge is 2.49. The van der Waals surface area contributed by atoms with Gasteiger partial charge in [0.05, 0.1) is 25.4 Å². The lowest BCUT2D eigenvalue weighted by Crippen LogP contribution is -2.40. The zero-order valence-corrected chi connectivity index (χ0v) is 24.4. The number of methoxy groups -OCH3 is 1. The number of ether oxygens (including phenoxy) is 1. The molecule has 1 aliphatic carbocycles. The normalized spacial score (nSPS) is 20.6. The SMILES string of the molecule is COC[C@H](c1cc(F)c2oc([C@@H](NC(=O)c3c(F)cnn3C(C)C)C3CCC(F)(F)CC3)nc2c1)N1C[C@@H](C(F)(F)F)NC1=O. The molecule has 17 heteroatoms. The van der Waals surface area contributed by atoms with E-state index in [-0.39, 0.29) is 42.0 Å². The number of alkyl halides is 5. The Morgan fingerprint density at radius 1 is 1.20 bits per heavy atom. The molecule has 2 aromatic heterocycles. The quantitative estimate of drug-likeness (QED) is 0.283. The molecule has 3 heterocycles. The smallest absolute Gasteiger partial charge is 0.410 e. The molecule has 1 saturated carbocycles. The van der Waals surface area contributed by atoms with Crippen molar-refractivity contribution in [3.8, 4) is 0 Å².